The van der Waals surface area contributed by atoms with E-state index in [9.17, 15) is 19.8 Å². The lowest BCUT2D eigenvalue weighted by molar-refractivity contribution is -0.142. The van der Waals surface area contributed by atoms with E-state index in [0.717, 1.165) is 6.07 Å². The number of esters is 1. The van der Waals surface area contributed by atoms with Gasteiger partial charge in [0.15, 0.2) is 5.43 Å². The fourth-order valence-electron chi connectivity index (χ4n) is 4.26. The van der Waals surface area contributed by atoms with Crippen LogP contribution in [0.15, 0.2) is 45.6 Å². The van der Waals surface area contributed by atoms with Gasteiger partial charge in [-0.1, -0.05) is 23.7 Å². The smallest absolute Gasteiger partial charge is 0.302 e. The molecule has 1 aliphatic rings. The third-order valence-corrected chi connectivity index (χ3v) is 6.12. The second-order valence-electron chi connectivity index (χ2n) is 7.73. The van der Waals surface area contributed by atoms with E-state index in [0.29, 0.717) is 29.1 Å². The fourth-order valence-corrected chi connectivity index (χ4v) is 4.49. The molecule has 0 unspecified atom stereocenters. The molecule has 32 heavy (non-hydrogen) atoms. The van der Waals surface area contributed by atoms with Crippen LogP contribution in [0.5, 0.6) is 11.5 Å². The minimum Gasteiger partial charge on any atom is -0.507 e. The summed E-state index contributed by atoms with van der Waals surface area (Å²) in [4.78, 5) is 26.3. The highest BCUT2D eigenvalue weighted by Gasteiger charge is 2.37. The minimum atomic E-state index is -0.446. The van der Waals surface area contributed by atoms with Crippen LogP contribution in [0.1, 0.15) is 24.8 Å². The van der Waals surface area contributed by atoms with Crippen LogP contribution in [0.2, 0.25) is 5.02 Å². The number of likely N-dealkylation sites (tertiary alicyclic amines) is 1. The lowest BCUT2D eigenvalue weighted by Gasteiger charge is -2.25. The molecule has 2 heterocycles. The Labute approximate surface area is 195 Å². The zero-order valence-corrected chi connectivity index (χ0v) is 19.1. The molecule has 0 saturated carbocycles. The minimum absolute atomic E-state index is 0. The Morgan fingerprint density at radius 1 is 1.25 bits per heavy atom. The summed E-state index contributed by atoms with van der Waals surface area (Å²) < 4.78 is 11.3. The van der Waals surface area contributed by atoms with Gasteiger partial charge in [0.05, 0.1) is 11.1 Å². The molecule has 0 spiro atoms. The maximum Gasteiger partial charge on any atom is 0.302 e. The number of hydrogen-bond donors (Lipinski definition) is 2. The normalized spacial score (nSPS) is 18.5. The highest BCUT2D eigenvalue weighted by molar-refractivity contribution is 6.33. The number of halogens is 2. The molecular formula is C23H23Cl2NO6. The van der Waals surface area contributed by atoms with Crippen molar-refractivity contribution in [2.24, 2.45) is 0 Å². The number of likely N-dealkylation sites (N-methyl/N-ethyl adjacent to an activating group) is 1. The van der Waals surface area contributed by atoms with Crippen molar-refractivity contribution in [3.63, 3.8) is 0 Å². The molecular weight excluding hydrogens is 457 g/mol. The molecule has 1 fully saturated rings. The summed E-state index contributed by atoms with van der Waals surface area (Å²) in [6, 6.07) is 9.16. The number of carbonyl (C=O) groups excluding carboxylic acids is 1. The molecule has 2 atom stereocenters. The molecule has 9 heteroatoms. The Kier molecular flexibility index (Phi) is 7.03. The Morgan fingerprint density at radius 2 is 1.97 bits per heavy atom. The average Bonchev–Trinajstić information content (AvgIpc) is 3.06. The third kappa shape index (κ3) is 4.28. The van der Waals surface area contributed by atoms with Crippen LogP contribution in [0.25, 0.3) is 22.3 Å². The number of phenols is 2. The maximum absolute atomic E-state index is 12.9. The van der Waals surface area contributed by atoms with Gasteiger partial charge in [0.1, 0.15) is 34.8 Å². The molecule has 4 rings (SSSR count). The number of aromatic hydroxyl groups is 2. The summed E-state index contributed by atoms with van der Waals surface area (Å²) in [5.41, 5.74) is 0.586. The SMILES string of the molecule is CC(=O)OC[C@@H]1[C@@H](c2c(O)cc(O)c3c(=O)cc(-c4ccccc4Cl)oc23)CCN1C.Cl. The average molecular weight is 480 g/mol. The van der Waals surface area contributed by atoms with Crippen molar-refractivity contribution in [3.8, 4) is 22.8 Å². The lowest BCUT2D eigenvalue weighted by atomic mass is 9.89. The van der Waals surface area contributed by atoms with Crippen molar-refractivity contribution in [3.05, 3.63) is 57.2 Å². The van der Waals surface area contributed by atoms with E-state index in [1.807, 2.05) is 11.9 Å². The van der Waals surface area contributed by atoms with Crippen molar-refractivity contribution in [2.45, 2.75) is 25.3 Å². The van der Waals surface area contributed by atoms with Crippen molar-refractivity contribution in [1.29, 1.82) is 0 Å². The molecule has 0 radical (unpaired) electrons. The van der Waals surface area contributed by atoms with Crippen LogP contribution < -0.4 is 5.43 Å². The van der Waals surface area contributed by atoms with Gasteiger partial charge in [0.2, 0.25) is 0 Å². The molecule has 2 aromatic carbocycles. The molecule has 0 amide bonds. The van der Waals surface area contributed by atoms with Crippen LogP contribution in [-0.4, -0.2) is 47.3 Å². The van der Waals surface area contributed by atoms with Gasteiger partial charge in [0.25, 0.3) is 0 Å². The van der Waals surface area contributed by atoms with E-state index < -0.39 is 11.4 Å². The van der Waals surface area contributed by atoms with Gasteiger partial charge in [-0.15, -0.1) is 12.4 Å². The summed E-state index contributed by atoms with van der Waals surface area (Å²) >= 11 is 6.29. The monoisotopic (exact) mass is 479 g/mol. The predicted octanol–water partition coefficient (Wildman–Crippen LogP) is 4.30. The van der Waals surface area contributed by atoms with Crippen LogP contribution in [0.4, 0.5) is 0 Å². The Bertz CT molecular complexity index is 1230. The fraction of sp³-hybridized carbons (Fsp3) is 0.304. The standard InChI is InChI=1S/C23H22ClNO6.ClH/c1-12(26)30-11-16-14(7-8-25(16)2)21-17(27)9-18(28)22-19(29)10-20(31-23(21)22)13-5-3-4-6-15(13)24;/h3-6,9-10,14,16,27-28H,7-8,11H2,1-2H3;1H/t14-,16+;/m0./s1. The number of nitrogens with zero attached hydrogens (tertiary/aromatic N) is 1. The van der Waals surface area contributed by atoms with Gasteiger partial charge in [0, 0.05) is 36.1 Å². The molecule has 7 nitrogen and oxygen atoms in total. The quantitative estimate of drug-likeness (QED) is 0.538. The number of carbonyl (C=O) groups is 1. The summed E-state index contributed by atoms with van der Waals surface area (Å²) in [7, 11) is 1.90. The summed E-state index contributed by atoms with van der Waals surface area (Å²) in [6.07, 6.45) is 0.649. The zero-order chi connectivity index (χ0) is 22.3. The highest BCUT2D eigenvalue weighted by Crippen LogP contribution is 2.44. The predicted molar refractivity (Wildman–Crippen MR) is 124 cm³/mol. The first-order valence-electron chi connectivity index (χ1n) is 9.89. The van der Waals surface area contributed by atoms with E-state index in [2.05, 4.69) is 0 Å². The van der Waals surface area contributed by atoms with Crippen LogP contribution in [0, 0.1) is 0 Å². The first kappa shape index (κ1) is 23.9. The van der Waals surface area contributed by atoms with Crippen molar-refractivity contribution >= 4 is 40.9 Å². The largest absolute Gasteiger partial charge is 0.507 e. The first-order chi connectivity index (χ1) is 14.8. The van der Waals surface area contributed by atoms with E-state index in [1.165, 1.54) is 13.0 Å². The van der Waals surface area contributed by atoms with Gasteiger partial charge in [-0.2, -0.15) is 0 Å². The van der Waals surface area contributed by atoms with Crippen molar-refractivity contribution in [2.75, 3.05) is 20.2 Å². The number of ether oxygens (including phenoxy) is 1. The number of fused-ring (bicyclic) bond motifs is 1. The van der Waals surface area contributed by atoms with Crippen LogP contribution >= 0.6 is 24.0 Å². The number of hydrogen-bond acceptors (Lipinski definition) is 7. The second-order valence-corrected chi connectivity index (χ2v) is 8.14. The highest BCUT2D eigenvalue weighted by atomic mass is 35.5. The topological polar surface area (TPSA) is 100 Å². The van der Waals surface area contributed by atoms with E-state index in [4.69, 9.17) is 20.8 Å². The van der Waals surface area contributed by atoms with E-state index in [-0.39, 0.29) is 59.2 Å². The molecule has 1 saturated heterocycles. The molecule has 1 aromatic heterocycles. The van der Waals surface area contributed by atoms with Crippen LogP contribution in [-0.2, 0) is 9.53 Å². The summed E-state index contributed by atoms with van der Waals surface area (Å²) in [5, 5.41) is 21.5. The number of phenolic OH excluding ortho intramolecular Hbond substituents is 2. The molecule has 2 N–H and O–H groups in total. The molecule has 0 aliphatic carbocycles. The molecule has 170 valence electrons. The zero-order valence-electron chi connectivity index (χ0n) is 17.5. The van der Waals surface area contributed by atoms with Gasteiger partial charge in [-0.05, 0) is 32.1 Å². The maximum atomic E-state index is 12.9. The van der Waals surface area contributed by atoms with E-state index in [1.54, 1.807) is 24.3 Å². The van der Waals surface area contributed by atoms with E-state index >= 15 is 0 Å². The van der Waals surface area contributed by atoms with Crippen LogP contribution in [0.3, 0.4) is 0 Å². The number of rotatable bonds is 4. The van der Waals surface area contributed by atoms with Gasteiger partial charge in [-0.25, -0.2) is 0 Å². The van der Waals surface area contributed by atoms with Crippen molar-refractivity contribution in [1.82, 2.24) is 4.90 Å². The first-order valence-corrected chi connectivity index (χ1v) is 10.3. The molecule has 1 aliphatic heterocycles. The Hall–Kier alpha value is -2.74. The summed E-state index contributed by atoms with van der Waals surface area (Å²) in [5.74, 6) is -0.989. The Balaban J connectivity index is 0.00000289. The second kappa shape index (κ2) is 9.40. The van der Waals surface area contributed by atoms with Crippen molar-refractivity contribution < 1.29 is 24.2 Å². The molecule has 3 aromatic rings. The molecule has 0 bridgehead atoms. The van der Waals surface area contributed by atoms with Gasteiger partial charge >= 0.3 is 5.97 Å². The van der Waals surface area contributed by atoms with Gasteiger partial charge in [-0.3, -0.25) is 14.5 Å². The third-order valence-electron chi connectivity index (χ3n) is 5.79. The number of benzene rings is 2. The Morgan fingerprint density at radius 3 is 2.66 bits per heavy atom. The lowest BCUT2D eigenvalue weighted by Crippen LogP contribution is -2.33. The summed E-state index contributed by atoms with van der Waals surface area (Å²) in [6.45, 7) is 2.17. The van der Waals surface area contributed by atoms with Gasteiger partial charge < -0.3 is 19.4 Å².